The summed E-state index contributed by atoms with van der Waals surface area (Å²) in [5.41, 5.74) is 6.35. The Morgan fingerprint density at radius 2 is 0.623 bits per heavy atom. The van der Waals surface area contributed by atoms with Crippen LogP contribution < -0.4 is 65.6 Å². The van der Waals surface area contributed by atoms with Gasteiger partial charge in [0.1, 0.15) is 105 Å². The third-order valence-corrected chi connectivity index (χ3v) is 14.7. The number of benzene rings is 12. The second-order valence-electron chi connectivity index (χ2n) is 18.1. The molecular weight excluding hydrogens is 818 g/mol. The highest BCUT2D eigenvalue weighted by Gasteiger charge is 2.28. The fourth-order valence-electron chi connectivity index (χ4n) is 11.2. The summed E-state index contributed by atoms with van der Waals surface area (Å²) in [6.45, 7) is 0. The molecule has 0 bridgehead atoms. The van der Waals surface area contributed by atoms with Gasteiger partial charge in [0, 0.05) is 10.8 Å². The average molecular weight is 839 g/mol. The van der Waals surface area contributed by atoms with Crippen LogP contribution >= 0.6 is 0 Å². The third-order valence-electron chi connectivity index (χ3n) is 14.7. The molecule has 0 spiro atoms. The lowest BCUT2D eigenvalue weighted by molar-refractivity contribution is 0.675. The third kappa shape index (κ3) is 5.65. The van der Waals surface area contributed by atoms with E-state index in [1.54, 1.807) is 0 Å². The summed E-state index contributed by atoms with van der Waals surface area (Å²) >= 11 is 0. The SMILES string of the molecule is [B]c1c([B])c([B])c(-c2c(-c3c([B])c([B])c4oc5c([B])c([B])c([B])c([B])c5c4c3[B])cc(-c3ccc4ccc5cccc6ccc3c4c56)cc2-c2ccc3ccc4cccc5ccc2c3c45)c([B])c1[B]. The minimum absolute atomic E-state index is 0.0596. The van der Waals surface area contributed by atoms with Gasteiger partial charge in [0.2, 0.25) is 0 Å². The molecule has 69 heavy (non-hydrogen) atoms. The molecule has 0 N–H and O–H groups in total. The number of hydrogen-bond donors (Lipinski definition) is 0. The zero-order valence-electron chi connectivity index (χ0n) is 36.9. The predicted molar refractivity (Wildman–Crippen MR) is 308 cm³/mol. The van der Waals surface area contributed by atoms with Gasteiger partial charge >= 0.3 is 0 Å². The molecule has 13 aromatic rings. The Morgan fingerprint density at radius 1 is 0.246 bits per heavy atom. The van der Waals surface area contributed by atoms with Crippen LogP contribution in [0.4, 0.5) is 0 Å². The van der Waals surface area contributed by atoms with Gasteiger partial charge in [0.15, 0.2) is 0 Å². The first-order valence-corrected chi connectivity index (χ1v) is 22.2. The minimum Gasteiger partial charge on any atom is -0.457 e. The summed E-state index contributed by atoms with van der Waals surface area (Å²) in [6.07, 6.45) is 0. The van der Waals surface area contributed by atoms with Gasteiger partial charge in [-0.05, 0) is 121 Å². The standard InChI is InChI=1S/C56H20B12O/c57-43-39(44(58)53(67)55-41(43)42-47(61)50(64)52(66)54(68)56(42)69-55)33-20-27(28-15-11-25-9-7-21-3-1-5-23-13-17-30(28)36(25)34(21)23)19-32(38(33)40-45(59)48(62)51(65)49(63)46(40)60)29-16-12-26-10-8-22-4-2-6-24-14-18-31(29)37(26)35(22)24/h1-20H. The molecule has 0 aliphatic carbocycles. The number of furan rings is 1. The molecule has 0 saturated carbocycles. The van der Waals surface area contributed by atoms with E-state index in [9.17, 15) is 0 Å². The van der Waals surface area contributed by atoms with E-state index in [-0.39, 0.29) is 76.7 Å². The van der Waals surface area contributed by atoms with Crippen LogP contribution in [0.3, 0.4) is 0 Å². The molecule has 12 aromatic carbocycles. The molecule has 1 heterocycles. The maximum Gasteiger partial charge on any atom is 0.127 e. The van der Waals surface area contributed by atoms with Crippen molar-refractivity contribution >= 4 is 246 Å². The molecule has 0 aliphatic rings. The van der Waals surface area contributed by atoms with Crippen molar-refractivity contribution in [3.63, 3.8) is 0 Å². The second-order valence-corrected chi connectivity index (χ2v) is 18.1. The predicted octanol–water partition coefficient (Wildman–Crippen LogP) is 1.57. The Bertz CT molecular complexity index is 4400. The van der Waals surface area contributed by atoms with Crippen LogP contribution in [0.2, 0.25) is 0 Å². The summed E-state index contributed by atoms with van der Waals surface area (Å²) in [7, 11) is 82.3. The summed E-state index contributed by atoms with van der Waals surface area (Å²) in [6, 6.07) is 42.6. The maximum absolute atomic E-state index is 7.51. The number of hydrogen-bond acceptors (Lipinski definition) is 1. The molecule has 0 atom stereocenters. The lowest BCUT2D eigenvalue weighted by Gasteiger charge is -2.29. The first kappa shape index (κ1) is 42.4. The van der Waals surface area contributed by atoms with Gasteiger partial charge in [-0.25, -0.2) is 0 Å². The van der Waals surface area contributed by atoms with Crippen molar-refractivity contribution < 1.29 is 4.42 Å². The Labute approximate surface area is 414 Å². The topological polar surface area (TPSA) is 13.1 Å². The molecule has 1 aromatic heterocycles. The molecule has 1 nitrogen and oxygen atoms in total. The molecule has 286 valence electrons. The van der Waals surface area contributed by atoms with Crippen LogP contribution in [0.5, 0.6) is 0 Å². The summed E-state index contributed by atoms with van der Waals surface area (Å²) in [5, 5.41) is 13.8. The van der Waals surface area contributed by atoms with Gasteiger partial charge in [0.05, 0.1) is 0 Å². The van der Waals surface area contributed by atoms with Crippen molar-refractivity contribution in [3.05, 3.63) is 121 Å². The molecule has 0 fully saturated rings. The lowest BCUT2D eigenvalue weighted by atomic mass is 9.58. The van der Waals surface area contributed by atoms with E-state index in [4.69, 9.17) is 98.6 Å². The van der Waals surface area contributed by atoms with E-state index in [0.717, 1.165) is 75.9 Å². The Morgan fingerprint density at radius 3 is 1.17 bits per heavy atom. The highest BCUT2D eigenvalue weighted by Crippen LogP contribution is 2.48. The van der Waals surface area contributed by atoms with Crippen molar-refractivity contribution in [2.75, 3.05) is 0 Å². The molecule has 24 radical (unpaired) electrons. The van der Waals surface area contributed by atoms with Crippen molar-refractivity contribution in [2.45, 2.75) is 0 Å². The molecule has 13 heteroatoms. The first-order chi connectivity index (χ1) is 33.2. The fraction of sp³-hybridized carbons (Fsp3) is 0. The highest BCUT2D eigenvalue weighted by atomic mass is 16.3. The monoisotopic (exact) mass is 840 g/mol. The van der Waals surface area contributed by atoms with Crippen molar-refractivity contribution in [1.29, 1.82) is 0 Å². The van der Waals surface area contributed by atoms with Crippen LogP contribution in [0.25, 0.3) is 131 Å². The maximum atomic E-state index is 7.51. The largest absolute Gasteiger partial charge is 0.457 e. The van der Waals surface area contributed by atoms with Gasteiger partial charge in [-0.2, -0.15) is 0 Å². The van der Waals surface area contributed by atoms with Crippen LogP contribution in [-0.2, 0) is 0 Å². The molecule has 13 rings (SSSR count). The lowest BCUT2D eigenvalue weighted by Crippen LogP contribution is -2.55. The number of fused-ring (bicyclic) bond motifs is 3. The van der Waals surface area contributed by atoms with Gasteiger partial charge in [-0.3, -0.25) is 0 Å². The Balaban J connectivity index is 1.27. The second kappa shape index (κ2) is 14.9. The van der Waals surface area contributed by atoms with Gasteiger partial charge in [-0.15, -0.1) is 27.3 Å². The smallest absolute Gasteiger partial charge is 0.127 e. The van der Waals surface area contributed by atoms with E-state index in [1.807, 2.05) is 6.07 Å². The van der Waals surface area contributed by atoms with Crippen molar-refractivity contribution in [3.8, 4) is 44.5 Å². The Kier molecular flexibility index (Phi) is 9.16. The zero-order valence-corrected chi connectivity index (χ0v) is 36.9. The summed E-state index contributed by atoms with van der Waals surface area (Å²) < 4.78 is 6.36. The molecular formula is C56H20B12O. The van der Waals surface area contributed by atoms with Crippen LogP contribution in [0.1, 0.15) is 0 Å². The normalized spacial score (nSPS) is 12.2. The van der Waals surface area contributed by atoms with Gasteiger partial charge in [0.25, 0.3) is 0 Å². The number of rotatable bonds is 4. The van der Waals surface area contributed by atoms with E-state index in [0.29, 0.717) is 38.6 Å². The summed E-state index contributed by atoms with van der Waals surface area (Å²) in [5.74, 6) is 0. The van der Waals surface area contributed by atoms with E-state index in [1.165, 1.54) is 5.39 Å². The zero-order chi connectivity index (χ0) is 47.6. The van der Waals surface area contributed by atoms with E-state index >= 15 is 0 Å². The van der Waals surface area contributed by atoms with Crippen molar-refractivity contribution in [1.82, 2.24) is 0 Å². The highest BCUT2D eigenvalue weighted by molar-refractivity contribution is 6.70. The fourth-order valence-corrected chi connectivity index (χ4v) is 11.2. The molecule has 0 aliphatic heterocycles. The van der Waals surface area contributed by atoms with Crippen LogP contribution in [0.15, 0.2) is 126 Å². The van der Waals surface area contributed by atoms with Gasteiger partial charge in [-0.1, -0.05) is 147 Å². The Hall–Kier alpha value is -6.70. The van der Waals surface area contributed by atoms with Crippen molar-refractivity contribution in [2.24, 2.45) is 0 Å². The quantitative estimate of drug-likeness (QED) is 0.194. The van der Waals surface area contributed by atoms with Crippen LogP contribution in [-0.4, -0.2) is 94.2 Å². The van der Waals surface area contributed by atoms with E-state index < -0.39 is 0 Å². The van der Waals surface area contributed by atoms with E-state index in [2.05, 4.69) is 115 Å². The van der Waals surface area contributed by atoms with Crippen LogP contribution in [0, 0.1) is 0 Å². The summed E-state index contributed by atoms with van der Waals surface area (Å²) in [4.78, 5) is 0. The minimum atomic E-state index is 0.0596. The molecule has 0 saturated heterocycles. The average Bonchev–Trinajstić information content (AvgIpc) is 3.78. The van der Waals surface area contributed by atoms with Gasteiger partial charge < -0.3 is 4.42 Å². The molecule has 0 unspecified atom stereocenters. The first-order valence-electron chi connectivity index (χ1n) is 22.2. The molecule has 0 amide bonds.